The molecule has 0 aromatic carbocycles. The summed E-state index contributed by atoms with van der Waals surface area (Å²) in [5, 5.41) is 3.16. The minimum absolute atomic E-state index is 0.147. The van der Waals surface area contributed by atoms with Crippen molar-refractivity contribution in [2.75, 3.05) is 45.5 Å². The van der Waals surface area contributed by atoms with Gasteiger partial charge in [-0.3, -0.25) is 9.79 Å². The van der Waals surface area contributed by atoms with Gasteiger partial charge in [-0.2, -0.15) is 0 Å². The van der Waals surface area contributed by atoms with E-state index in [4.69, 9.17) is 0 Å². The Morgan fingerprint density at radius 3 is 2.64 bits per heavy atom. The number of rotatable bonds is 6. The molecule has 2 fully saturated rings. The van der Waals surface area contributed by atoms with E-state index in [-0.39, 0.29) is 12.5 Å². The average molecular weight is 331 g/mol. The molecule has 1 saturated carbocycles. The third-order valence-corrected chi connectivity index (χ3v) is 4.35. The van der Waals surface area contributed by atoms with Gasteiger partial charge in [0.25, 0.3) is 0 Å². The van der Waals surface area contributed by atoms with Gasteiger partial charge in [-0.15, -0.1) is 0 Å². The molecule has 2 rings (SSSR count). The lowest BCUT2D eigenvalue weighted by atomic mass is 10.3. The van der Waals surface area contributed by atoms with Gasteiger partial charge < -0.3 is 15.1 Å². The first-order valence-electron chi connectivity index (χ1n) is 7.68. The zero-order chi connectivity index (χ0) is 16.2. The molecule has 0 radical (unpaired) electrons. The topological polar surface area (TPSA) is 94.1 Å². The highest BCUT2D eigenvalue weighted by Crippen LogP contribution is 2.27. The second kappa shape index (κ2) is 7.28. The molecule has 2 aliphatic rings. The van der Waals surface area contributed by atoms with Crippen LogP contribution in [0.2, 0.25) is 0 Å². The van der Waals surface area contributed by atoms with Crippen LogP contribution in [0.25, 0.3) is 0 Å². The van der Waals surface area contributed by atoms with Gasteiger partial charge in [0.2, 0.25) is 15.9 Å². The molecule has 0 aromatic rings. The summed E-state index contributed by atoms with van der Waals surface area (Å²) in [7, 11) is -3.19. The molecule has 1 saturated heterocycles. The molecule has 9 heteroatoms. The fraction of sp³-hybridized carbons (Fsp3) is 0.846. The first-order valence-corrected chi connectivity index (χ1v) is 9.57. The number of carbonyl (C=O) groups is 1. The standard InChI is InChI=1S/C13H25N5O3S/c1-3-14-13(15-6-7-16-22(2,20)21)17-8-9-18(11-4-5-11)12(19)10-17/h11,16H,3-10H2,1-2H3,(H,14,15). The van der Waals surface area contributed by atoms with Gasteiger partial charge in [0.15, 0.2) is 5.96 Å². The van der Waals surface area contributed by atoms with Crippen LogP contribution in [0.3, 0.4) is 0 Å². The fourth-order valence-corrected chi connectivity index (χ4v) is 2.92. The molecule has 1 amide bonds. The smallest absolute Gasteiger partial charge is 0.242 e. The van der Waals surface area contributed by atoms with E-state index >= 15 is 0 Å². The molecular formula is C13H25N5O3S. The maximum absolute atomic E-state index is 12.2. The van der Waals surface area contributed by atoms with Crippen molar-refractivity contribution in [1.82, 2.24) is 19.8 Å². The van der Waals surface area contributed by atoms with Crippen molar-refractivity contribution in [2.45, 2.75) is 25.8 Å². The molecule has 126 valence electrons. The molecule has 1 heterocycles. The highest BCUT2D eigenvalue weighted by molar-refractivity contribution is 7.88. The second-order valence-electron chi connectivity index (χ2n) is 5.64. The van der Waals surface area contributed by atoms with Crippen LogP contribution >= 0.6 is 0 Å². The third kappa shape index (κ3) is 5.13. The van der Waals surface area contributed by atoms with E-state index in [1.807, 2.05) is 16.7 Å². The van der Waals surface area contributed by atoms with Crippen LogP contribution in [0.1, 0.15) is 19.8 Å². The molecule has 22 heavy (non-hydrogen) atoms. The predicted octanol–water partition coefficient (Wildman–Crippen LogP) is -1.19. The quantitative estimate of drug-likeness (QED) is 0.362. The lowest BCUT2D eigenvalue weighted by molar-refractivity contribution is -0.135. The van der Waals surface area contributed by atoms with Gasteiger partial charge in [0.1, 0.15) is 0 Å². The molecule has 0 aromatic heterocycles. The first kappa shape index (κ1) is 17.0. The summed E-state index contributed by atoms with van der Waals surface area (Å²) in [5.74, 6) is 0.815. The van der Waals surface area contributed by atoms with Crippen LogP contribution < -0.4 is 10.0 Å². The Bertz CT molecular complexity index is 530. The molecule has 0 spiro atoms. The van der Waals surface area contributed by atoms with Crippen molar-refractivity contribution in [3.05, 3.63) is 0 Å². The summed E-state index contributed by atoms with van der Waals surface area (Å²) in [5.41, 5.74) is 0. The number of hydrogen-bond donors (Lipinski definition) is 2. The SMILES string of the molecule is CCNC(=NCCNS(C)(=O)=O)N1CCN(C2CC2)C(=O)C1. The normalized spacial score (nSPS) is 20.5. The third-order valence-electron chi connectivity index (χ3n) is 3.62. The Balaban J connectivity index is 1.88. The van der Waals surface area contributed by atoms with Crippen molar-refractivity contribution in [1.29, 1.82) is 0 Å². The number of sulfonamides is 1. The largest absolute Gasteiger partial charge is 0.357 e. The zero-order valence-electron chi connectivity index (χ0n) is 13.2. The molecule has 2 N–H and O–H groups in total. The van der Waals surface area contributed by atoms with E-state index in [0.29, 0.717) is 31.6 Å². The molecule has 1 aliphatic heterocycles. The number of piperazine rings is 1. The first-order chi connectivity index (χ1) is 10.4. The number of nitrogens with one attached hydrogen (secondary N) is 2. The summed E-state index contributed by atoms with van der Waals surface area (Å²) < 4.78 is 24.4. The highest BCUT2D eigenvalue weighted by Gasteiger charge is 2.36. The van der Waals surface area contributed by atoms with E-state index in [1.165, 1.54) is 0 Å². The van der Waals surface area contributed by atoms with Crippen LogP contribution in [-0.2, 0) is 14.8 Å². The minimum Gasteiger partial charge on any atom is -0.357 e. The molecule has 0 unspecified atom stereocenters. The van der Waals surface area contributed by atoms with Gasteiger partial charge in [-0.25, -0.2) is 13.1 Å². The lowest BCUT2D eigenvalue weighted by Crippen LogP contribution is -2.55. The van der Waals surface area contributed by atoms with E-state index in [0.717, 1.165) is 32.2 Å². The Morgan fingerprint density at radius 1 is 1.36 bits per heavy atom. The van der Waals surface area contributed by atoms with E-state index in [2.05, 4.69) is 15.0 Å². The molecule has 1 aliphatic carbocycles. The molecule has 8 nitrogen and oxygen atoms in total. The zero-order valence-corrected chi connectivity index (χ0v) is 14.0. The van der Waals surface area contributed by atoms with Gasteiger partial charge in [-0.1, -0.05) is 0 Å². The van der Waals surface area contributed by atoms with Crippen molar-refractivity contribution in [3.63, 3.8) is 0 Å². The van der Waals surface area contributed by atoms with E-state index in [1.54, 1.807) is 0 Å². The Labute approximate surface area is 132 Å². The average Bonchev–Trinajstić information content (AvgIpc) is 3.25. The van der Waals surface area contributed by atoms with Crippen LogP contribution in [0.15, 0.2) is 4.99 Å². The summed E-state index contributed by atoms with van der Waals surface area (Å²) in [6.07, 6.45) is 3.37. The monoisotopic (exact) mass is 331 g/mol. The van der Waals surface area contributed by atoms with Gasteiger partial charge >= 0.3 is 0 Å². The maximum atomic E-state index is 12.2. The van der Waals surface area contributed by atoms with Gasteiger partial charge in [0, 0.05) is 32.2 Å². The second-order valence-corrected chi connectivity index (χ2v) is 7.48. The number of nitrogens with zero attached hydrogens (tertiary/aromatic N) is 3. The molecule has 0 atom stereocenters. The summed E-state index contributed by atoms with van der Waals surface area (Å²) in [4.78, 5) is 20.5. The fourth-order valence-electron chi connectivity index (χ4n) is 2.46. The van der Waals surface area contributed by atoms with Crippen molar-refractivity contribution in [2.24, 2.45) is 4.99 Å². The van der Waals surface area contributed by atoms with Crippen molar-refractivity contribution >= 4 is 21.9 Å². The number of amides is 1. The maximum Gasteiger partial charge on any atom is 0.242 e. The summed E-state index contributed by atoms with van der Waals surface area (Å²) >= 11 is 0. The summed E-state index contributed by atoms with van der Waals surface area (Å²) in [6, 6.07) is 0.452. The molecule has 0 bridgehead atoms. The number of carbonyl (C=O) groups excluding carboxylic acids is 1. The Kier molecular flexibility index (Phi) is 5.63. The van der Waals surface area contributed by atoms with Crippen molar-refractivity contribution in [3.8, 4) is 0 Å². The summed E-state index contributed by atoms with van der Waals surface area (Å²) in [6.45, 7) is 5.09. The lowest BCUT2D eigenvalue weighted by Gasteiger charge is -2.36. The van der Waals surface area contributed by atoms with Crippen molar-refractivity contribution < 1.29 is 13.2 Å². The molecular weight excluding hydrogens is 306 g/mol. The highest BCUT2D eigenvalue weighted by atomic mass is 32.2. The van der Waals surface area contributed by atoms with Crippen LogP contribution in [0.4, 0.5) is 0 Å². The predicted molar refractivity (Wildman–Crippen MR) is 85.1 cm³/mol. The van der Waals surface area contributed by atoms with Crippen LogP contribution in [-0.4, -0.2) is 81.7 Å². The Morgan fingerprint density at radius 2 is 2.09 bits per heavy atom. The van der Waals surface area contributed by atoms with E-state index < -0.39 is 10.0 Å². The minimum atomic E-state index is -3.19. The number of guanidine groups is 1. The van der Waals surface area contributed by atoms with Gasteiger partial charge in [-0.05, 0) is 19.8 Å². The number of aliphatic imine (C=N–C) groups is 1. The van der Waals surface area contributed by atoms with Crippen LogP contribution in [0, 0.1) is 0 Å². The number of hydrogen-bond acceptors (Lipinski definition) is 4. The van der Waals surface area contributed by atoms with Crippen LogP contribution in [0.5, 0.6) is 0 Å². The van der Waals surface area contributed by atoms with E-state index in [9.17, 15) is 13.2 Å². The Hall–Kier alpha value is -1.35. The van der Waals surface area contributed by atoms with Gasteiger partial charge in [0.05, 0.1) is 19.3 Å².